The summed E-state index contributed by atoms with van der Waals surface area (Å²) in [5.74, 6) is -0.527. The molecule has 1 aliphatic heterocycles. The topological polar surface area (TPSA) is 37.4 Å². The molecule has 0 aromatic heterocycles. The molecule has 1 saturated heterocycles. The lowest BCUT2D eigenvalue weighted by atomic mass is 10.0. The zero-order chi connectivity index (χ0) is 14.0. The number of likely N-dealkylation sites (tertiary alicyclic amines) is 1. The van der Waals surface area contributed by atoms with E-state index in [1.54, 1.807) is 6.92 Å². The van der Waals surface area contributed by atoms with Gasteiger partial charge in [0.15, 0.2) is 0 Å². The predicted octanol–water partition coefficient (Wildman–Crippen LogP) is 2.92. The van der Waals surface area contributed by atoms with Crippen LogP contribution in [0.1, 0.15) is 42.1 Å². The minimum Gasteiger partial charge on any atom is -0.278 e. The maximum atomic E-state index is 13.0. The molecule has 0 radical (unpaired) electrons. The van der Waals surface area contributed by atoms with E-state index in [4.69, 9.17) is 0 Å². The van der Waals surface area contributed by atoms with Crippen LogP contribution in [0.5, 0.6) is 0 Å². The summed E-state index contributed by atoms with van der Waals surface area (Å²) >= 11 is 0. The Labute approximate surface area is 112 Å². The highest BCUT2D eigenvalue weighted by molar-refractivity contribution is 6.06. The van der Waals surface area contributed by atoms with E-state index in [0.717, 1.165) is 12.8 Å². The van der Waals surface area contributed by atoms with Gasteiger partial charge in [0.1, 0.15) is 5.82 Å². The summed E-state index contributed by atoms with van der Waals surface area (Å²) in [6.45, 7) is 4.24. The van der Waals surface area contributed by atoms with Crippen molar-refractivity contribution in [3.63, 3.8) is 0 Å². The molecule has 0 saturated carbocycles. The fraction of sp³-hybridized carbons (Fsp3) is 0.467. The molecule has 3 nitrogen and oxygen atoms in total. The quantitative estimate of drug-likeness (QED) is 0.786. The molecule has 0 bridgehead atoms. The van der Waals surface area contributed by atoms with Gasteiger partial charge in [0.2, 0.25) is 5.91 Å². The molecule has 1 aromatic carbocycles. The first-order valence-electron chi connectivity index (χ1n) is 6.63. The Bertz CT molecular complexity index is 513. The first-order valence-corrected chi connectivity index (χ1v) is 6.63. The van der Waals surface area contributed by atoms with Gasteiger partial charge in [-0.3, -0.25) is 14.5 Å². The van der Waals surface area contributed by atoms with Crippen molar-refractivity contribution >= 4 is 11.8 Å². The number of rotatable bonds is 3. The zero-order valence-electron chi connectivity index (χ0n) is 11.3. The Morgan fingerprint density at radius 3 is 2.84 bits per heavy atom. The van der Waals surface area contributed by atoms with Gasteiger partial charge in [-0.15, -0.1) is 0 Å². The second-order valence-corrected chi connectivity index (χ2v) is 5.13. The number of halogens is 1. The van der Waals surface area contributed by atoms with E-state index in [-0.39, 0.29) is 23.5 Å². The predicted molar refractivity (Wildman–Crippen MR) is 70.2 cm³/mol. The van der Waals surface area contributed by atoms with Crippen LogP contribution in [-0.4, -0.2) is 23.3 Å². The van der Waals surface area contributed by atoms with E-state index in [9.17, 15) is 14.0 Å². The van der Waals surface area contributed by atoms with Gasteiger partial charge in [-0.05, 0) is 43.0 Å². The van der Waals surface area contributed by atoms with E-state index in [2.05, 4.69) is 6.92 Å². The molecule has 1 heterocycles. The lowest BCUT2D eigenvalue weighted by molar-refractivity contribution is -0.125. The molecule has 0 aliphatic carbocycles. The third-order valence-corrected chi connectivity index (χ3v) is 3.57. The lowest BCUT2D eigenvalue weighted by Crippen LogP contribution is -2.32. The third kappa shape index (κ3) is 2.83. The molecule has 4 heteroatoms. The van der Waals surface area contributed by atoms with Crippen LogP contribution in [0.2, 0.25) is 0 Å². The first kappa shape index (κ1) is 13.7. The molecular weight excluding hydrogens is 245 g/mol. The van der Waals surface area contributed by atoms with Crippen LogP contribution in [0.25, 0.3) is 0 Å². The number of imide groups is 1. The minimum atomic E-state index is -0.370. The lowest BCUT2D eigenvalue weighted by Gasteiger charge is -2.16. The van der Waals surface area contributed by atoms with Gasteiger partial charge in [-0.25, -0.2) is 4.39 Å². The summed E-state index contributed by atoms with van der Waals surface area (Å²) in [5.41, 5.74) is 0.976. The zero-order valence-corrected chi connectivity index (χ0v) is 11.3. The standard InChI is InChI=1S/C15H18FNO2/c1-3-4-11-8-14(18)17(9-11)15(19)13-6-5-12(16)7-10(13)2/h5-7,11H,3-4,8-9H2,1-2H3. The summed E-state index contributed by atoms with van der Waals surface area (Å²) in [6.07, 6.45) is 2.41. The Morgan fingerprint density at radius 1 is 1.47 bits per heavy atom. The largest absolute Gasteiger partial charge is 0.278 e. The van der Waals surface area contributed by atoms with Crippen molar-refractivity contribution in [1.82, 2.24) is 4.90 Å². The molecule has 0 spiro atoms. The van der Waals surface area contributed by atoms with Gasteiger partial charge in [0, 0.05) is 18.5 Å². The van der Waals surface area contributed by atoms with E-state index in [0.29, 0.717) is 24.1 Å². The van der Waals surface area contributed by atoms with Gasteiger partial charge in [-0.2, -0.15) is 0 Å². The highest BCUT2D eigenvalue weighted by Gasteiger charge is 2.34. The van der Waals surface area contributed by atoms with Crippen molar-refractivity contribution in [2.75, 3.05) is 6.54 Å². The van der Waals surface area contributed by atoms with Gasteiger partial charge in [0.25, 0.3) is 5.91 Å². The van der Waals surface area contributed by atoms with Crippen molar-refractivity contribution < 1.29 is 14.0 Å². The highest BCUT2D eigenvalue weighted by atomic mass is 19.1. The van der Waals surface area contributed by atoms with Crippen LogP contribution in [0.4, 0.5) is 4.39 Å². The third-order valence-electron chi connectivity index (χ3n) is 3.57. The first-order chi connectivity index (χ1) is 9.02. The average molecular weight is 263 g/mol. The van der Waals surface area contributed by atoms with Crippen LogP contribution in [-0.2, 0) is 4.79 Å². The molecule has 2 amide bonds. The fourth-order valence-electron chi connectivity index (χ4n) is 2.59. The highest BCUT2D eigenvalue weighted by Crippen LogP contribution is 2.24. The van der Waals surface area contributed by atoms with Crippen LogP contribution in [0, 0.1) is 18.7 Å². The van der Waals surface area contributed by atoms with Crippen molar-refractivity contribution in [2.45, 2.75) is 33.1 Å². The SMILES string of the molecule is CCCC1CC(=O)N(C(=O)c2ccc(F)cc2C)C1. The van der Waals surface area contributed by atoms with Crippen molar-refractivity contribution in [3.05, 3.63) is 35.1 Å². The van der Waals surface area contributed by atoms with Crippen molar-refractivity contribution in [1.29, 1.82) is 0 Å². The number of carbonyl (C=O) groups excluding carboxylic acids is 2. The molecule has 1 atom stereocenters. The molecule has 1 fully saturated rings. The second kappa shape index (κ2) is 5.51. The average Bonchev–Trinajstić information content (AvgIpc) is 2.70. The molecular formula is C15H18FNO2. The van der Waals surface area contributed by atoms with Gasteiger partial charge < -0.3 is 0 Å². The number of carbonyl (C=O) groups is 2. The molecule has 1 unspecified atom stereocenters. The Morgan fingerprint density at radius 2 is 2.21 bits per heavy atom. The van der Waals surface area contributed by atoms with Gasteiger partial charge in [-0.1, -0.05) is 13.3 Å². The number of aryl methyl sites for hydroxylation is 1. The summed E-state index contributed by atoms with van der Waals surface area (Å²) in [6, 6.07) is 4.02. The normalized spacial score (nSPS) is 19.0. The van der Waals surface area contributed by atoms with E-state index in [1.165, 1.54) is 23.1 Å². The maximum absolute atomic E-state index is 13.0. The minimum absolute atomic E-state index is 0.118. The molecule has 0 N–H and O–H groups in total. The molecule has 102 valence electrons. The van der Waals surface area contributed by atoms with Crippen LogP contribution in [0.3, 0.4) is 0 Å². The Balaban J connectivity index is 2.18. The van der Waals surface area contributed by atoms with E-state index in [1.807, 2.05) is 0 Å². The second-order valence-electron chi connectivity index (χ2n) is 5.13. The Kier molecular flexibility index (Phi) is 3.98. The molecule has 19 heavy (non-hydrogen) atoms. The maximum Gasteiger partial charge on any atom is 0.260 e. The summed E-state index contributed by atoms with van der Waals surface area (Å²) in [4.78, 5) is 25.5. The number of hydrogen-bond donors (Lipinski definition) is 0. The number of nitrogens with zero attached hydrogens (tertiary/aromatic N) is 1. The number of benzene rings is 1. The Hall–Kier alpha value is -1.71. The van der Waals surface area contributed by atoms with Crippen LogP contribution in [0.15, 0.2) is 18.2 Å². The van der Waals surface area contributed by atoms with Gasteiger partial charge in [0.05, 0.1) is 0 Å². The number of amides is 2. The summed E-state index contributed by atoms with van der Waals surface area (Å²) in [7, 11) is 0. The molecule has 2 rings (SSSR count). The van der Waals surface area contributed by atoms with Gasteiger partial charge >= 0.3 is 0 Å². The van der Waals surface area contributed by atoms with E-state index >= 15 is 0 Å². The smallest absolute Gasteiger partial charge is 0.260 e. The monoisotopic (exact) mass is 263 g/mol. The van der Waals surface area contributed by atoms with Crippen molar-refractivity contribution in [2.24, 2.45) is 5.92 Å². The summed E-state index contributed by atoms with van der Waals surface area (Å²) in [5, 5.41) is 0. The molecule has 1 aliphatic rings. The number of hydrogen-bond acceptors (Lipinski definition) is 2. The van der Waals surface area contributed by atoms with Crippen molar-refractivity contribution in [3.8, 4) is 0 Å². The van der Waals surface area contributed by atoms with Crippen LogP contribution < -0.4 is 0 Å². The summed E-state index contributed by atoms with van der Waals surface area (Å²) < 4.78 is 13.0. The van der Waals surface area contributed by atoms with E-state index < -0.39 is 0 Å². The fourth-order valence-corrected chi connectivity index (χ4v) is 2.59. The molecule has 1 aromatic rings. The van der Waals surface area contributed by atoms with Crippen LogP contribution >= 0.6 is 0 Å².